The molecular weight excluding hydrogens is 426 g/mol. The highest BCUT2D eigenvalue weighted by Gasteiger charge is 2.40. The van der Waals surface area contributed by atoms with Crippen LogP contribution in [0, 0.1) is 5.92 Å². The second kappa shape index (κ2) is 8.34. The highest BCUT2D eigenvalue weighted by atomic mass is 79.9. The predicted octanol–water partition coefficient (Wildman–Crippen LogP) is 6.23. The average molecular weight is 451 g/mol. The fraction of sp³-hybridized carbons (Fsp3) is 0.409. The van der Waals surface area contributed by atoms with Crippen molar-refractivity contribution < 1.29 is 9.53 Å². The van der Waals surface area contributed by atoms with E-state index < -0.39 is 0 Å². The van der Waals surface area contributed by atoms with Crippen LogP contribution in [0.1, 0.15) is 56.9 Å². The number of halogens is 2. The molecule has 1 heterocycles. The fourth-order valence-electron chi connectivity index (χ4n) is 3.49. The number of benzene rings is 2. The maximum atomic E-state index is 12.4. The molecule has 0 bridgehead atoms. The molecule has 144 valence electrons. The summed E-state index contributed by atoms with van der Waals surface area (Å²) >= 11 is 9.53. The molecule has 0 saturated carbocycles. The molecule has 1 fully saturated rings. The first-order valence-corrected chi connectivity index (χ1v) is 10.4. The minimum Gasteiger partial charge on any atom is -0.365 e. The Morgan fingerprint density at radius 1 is 1.07 bits per heavy atom. The monoisotopic (exact) mass is 449 g/mol. The summed E-state index contributed by atoms with van der Waals surface area (Å²) in [5, 5.41) is 3.97. The molecule has 0 aromatic heterocycles. The largest absolute Gasteiger partial charge is 0.365 e. The van der Waals surface area contributed by atoms with E-state index in [0.717, 1.165) is 28.4 Å². The van der Waals surface area contributed by atoms with Gasteiger partial charge in [-0.15, -0.1) is 0 Å². The lowest BCUT2D eigenvalue weighted by molar-refractivity contribution is -0.131. The molecule has 3 nitrogen and oxygen atoms in total. The highest BCUT2D eigenvalue weighted by Crippen LogP contribution is 2.44. The van der Waals surface area contributed by atoms with Crippen LogP contribution < -0.4 is 5.32 Å². The van der Waals surface area contributed by atoms with Crippen molar-refractivity contribution >= 4 is 33.4 Å². The minimum atomic E-state index is -0.346. The Bertz CT molecular complexity index is 735. The number of rotatable bonds is 4. The van der Waals surface area contributed by atoms with Crippen LogP contribution in [0.2, 0.25) is 5.02 Å². The summed E-state index contributed by atoms with van der Waals surface area (Å²) in [6.45, 7) is 5.95. The summed E-state index contributed by atoms with van der Waals surface area (Å²) in [5.41, 5.74) is 1.84. The first-order valence-electron chi connectivity index (χ1n) is 9.24. The van der Waals surface area contributed by atoms with Crippen molar-refractivity contribution in [3.05, 3.63) is 69.2 Å². The smallest absolute Gasteiger partial charge is 0.222 e. The Hall–Kier alpha value is -1.36. The third-order valence-corrected chi connectivity index (χ3v) is 5.81. The SMILES string of the molecule is CC(C)C(=O)N[C@@]1(C)C[C@@H](c2ccc(Cl)cc2)O[C@@H](c2ccc(Br)cc2)C1. The first-order chi connectivity index (χ1) is 12.8. The number of amides is 1. The summed E-state index contributed by atoms with van der Waals surface area (Å²) in [6.07, 6.45) is 1.25. The van der Waals surface area contributed by atoms with E-state index in [1.807, 2.05) is 50.2 Å². The van der Waals surface area contributed by atoms with Crippen LogP contribution in [0.3, 0.4) is 0 Å². The lowest BCUT2D eigenvalue weighted by Gasteiger charge is -2.43. The molecule has 0 radical (unpaired) electrons. The van der Waals surface area contributed by atoms with Crippen LogP contribution in [0.25, 0.3) is 0 Å². The van der Waals surface area contributed by atoms with Gasteiger partial charge < -0.3 is 10.1 Å². The second-order valence-electron chi connectivity index (χ2n) is 7.83. The Labute approximate surface area is 174 Å². The molecule has 0 aliphatic carbocycles. The zero-order chi connectivity index (χ0) is 19.6. The molecule has 1 aliphatic rings. The Kier molecular flexibility index (Phi) is 6.29. The summed E-state index contributed by atoms with van der Waals surface area (Å²) in [4.78, 5) is 12.4. The standard InChI is InChI=1S/C22H25BrClNO2/c1-14(2)21(26)25-22(3)12-19(15-4-8-17(23)9-5-15)27-20(13-22)16-6-10-18(24)11-7-16/h4-11,14,19-20H,12-13H2,1-3H3,(H,25,26)/t19-,20+,22-/m1/s1. The number of ether oxygens (including phenoxy) is 1. The topological polar surface area (TPSA) is 38.3 Å². The van der Waals surface area contributed by atoms with Gasteiger partial charge in [0.2, 0.25) is 5.91 Å². The molecule has 2 aromatic carbocycles. The molecule has 5 heteroatoms. The first kappa shape index (κ1) is 20.4. The van der Waals surface area contributed by atoms with E-state index in [1.54, 1.807) is 0 Å². The minimum absolute atomic E-state index is 0.0511. The number of carbonyl (C=O) groups excluding carboxylic acids is 1. The van der Waals surface area contributed by atoms with E-state index in [2.05, 4.69) is 40.3 Å². The molecule has 2 aromatic rings. The predicted molar refractivity (Wildman–Crippen MR) is 113 cm³/mol. The van der Waals surface area contributed by atoms with Gasteiger partial charge in [-0.1, -0.05) is 65.6 Å². The van der Waals surface area contributed by atoms with Crippen LogP contribution in [-0.2, 0) is 9.53 Å². The average Bonchev–Trinajstić information content (AvgIpc) is 2.62. The van der Waals surface area contributed by atoms with E-state index >= 15 is 0 Å². The Morgan fingerprint density at radius 2 is 1.56 bits per heavy atom. The van der Waals surface area contributed by atoms with Gasteiger partial charge in [-0.25, -0.2) is 0 Å². The van der Waals surface area contributed by atoms with Crippen molar-refractivity contribution in [2.24, 2.45) is 5.92 Å². The van der Waals surface area contributed by atoms with Gasteiger partial charge in [0.1, 0.15) is 0 Å². The lowest BCUT2D eigenvalue weighted by atomic mass is 9.81. The van der Waals surface area contributed by atoms with Gasteiger partial charge in [-0.3, -0.25) is 4.79 Å². The van der Waals surface area contributed by atoms with E-state index in [1.165, 1.54) is 0 Å². The number of hydrogen-bond acceptors (Lipinski definition) is 2. The van der Waals surface area contributed by atoms with Gasteiger partial charge in [-0.2, -0.15) is 0 Å². The molecule has 0 unspecified atom stereocenters. The lowest BCUT2D eigenvalue weighted by Crippen LogP contribution is -2.52. The van der Waals surface area contributed by atoms with Gasteiger partial charge in [0.15, 0.2) is 0 Å². The van der Waals surface area contributed by atoms with Gasteiger partial charge in [0, 0.05) is 33.8 Å². The number of nitrogens with one attached hydrogen (secondary N) is 1. The molecular formula is C22H25BrClNO2. The van der Waals surface area contributed by atoms with Crippen molar-refractivity contribution in [1.82, 2.24) is 5.32 Å². The zero-order valence-corrected chi connectivity index (χ0v) is 18.2. The van der Waals surface area contributed by atoms with Crippen molar-refractivity contribution in [1.29, 1.82) is 0 Å². The third kappa shape index (κ3) is 5.13. The summed E-state index contributed by atoms with van der Waals surface area (Å²) in [7, 11) is 0. The van der Waals surface area contributed by atoms with Gasteiger partial charge in [0.05, 0.1) is 12.2 Å². The van der Waals surface area contributed by atoms with E-state index in [4.69, 9.17) is 16.3 Å². The van der Waals surface area contributed by atoms with Gasteiger partial charge >= 0.3 is 0 Å². The van der Waals surface area contributed by atoms with E-state index in [0.29, 0.717) is 5.02 Å². The molecule has 3 rings (SSSR count). The normalized spacial score (nSPS) is 25.4. The number of hydrogen-bond donors (Lipinski definition) is 1. The van der Waals surface area contributed by atoms with E-state index in [-0.39, 0.29) is 29.6 Å². The van der Waals surface area contributed by atoms with Crippen LogP contribution in [-0.4, -0.2) is 11.4 Å². The van der Waals surface area contributed by atoms with Crippen LogP contribution in [0.15, 0.2) is 53.0 Å². The van der Waals surface area contributed by atoms with Crippen molar-refractivity contribution in [2.75, 3.05) is 0 Å². The zero-order valence-electron chi connectivity index (χ0n) is 15.8. The summed E-state index contributed by atoms with van der Waals surface area (Å²) < 4.78 is 7.50. The summed E-state index contributed by atoms with van der Waals surface area (Å²) in [5.74, 6) is 0.0218. The second-order valence-corrected chi connectivity index (χ2v) is 9.18. The molecule has 27 heavy (non-hydrogen) atoms. The van der Waals surface area contributed by atoms with Crippen LogP contribution in [0.4, 0.5) is 0 Å². The quantitative estimate of drug-likeness (QED) is 0.600. The van der Waals surface area contributed by atoms with Gasteiger partial charge in [0.25, 0.3) is 0 Å². The fourth-order valence-corrected chi connectivity index (χ4v) is 3.88. The Balaban J connectivity index is 1.91. The van der Waals surface area contributed by atoms with Crippen molar-refractivity contribution in [3.8, 4) is 0 Å². The highest BCUT2D eigenvalue weighted by molar-refractivity contribution is 9.10. The Morgan fingerprint density at radius 3 is 2.04 bits per heavy atom. The summed E-state index contributed by atoms with van der Waals surface area (Å²) in [6, 6.07) is 16.0. The number of carbonyl (C=O) groups is 1. The van der Waals surface area contributed by atoms with E-state index in [9.17, 15) is 4.79 Å². The third-order valence-electron chi connectivity index (χ3n) is 5.03. The van der Waals surface area contributed by atoms with Crippen LogP contribution >= 0.6 is 27.5 Å². The van der Waals surface area contributed by atoms with Crippen molar-refractivity contribution in [2.45, 2.75) is 51.4 Å². The molecule has 1 aliphatic heterocycles. The van der Waals surface area contributed by atoms with Crippen molar-refractivity contribution in [3.63, 3.8) is 0 Å². The maximum absolute atomic E-state index is 12.4. The molecule has 0 spiro atoms. The molecule has 1 N–H and O–H groups in total. The van der Waals surface area contributed by atoms with Gasteiger partial charge in [-0.05, 0) is 42.3 Å². The molecule has 1 amide bonds. The van der Waals surface area contributed by atoms with Crippen LogP contribution in [0.5, 0.6) is 0 Å². The maximum Gasteiger partial charge on any atom is 0.222 e. The molecule has 3 atom stereocenters. The molecule has 1 saturated heterocycles.